The Morgan fingerprint density at radius 3 is 2.54 bits per heavy atom. The molecule has 8 heteroatoms. The number of amides is 2. The van der Waals surface area contributed by atoms with Crippen molar-refractivity contribution in [3.63, 3.8) is 0 Å². The number of para-hydroxylation sites is 2. The third kappa shape index (κ3) is 2.22. The Morgan fingerprint density at radius 2 is 1.88 bits per heavy atom. The molecule has 1 aromatic heterocycles. The van der Waals surface area contributed by atoms with Crippen LogP contribution in [0.25, 0.3) is 0 Å². The van der Waals surface area contributed by atoms with E-state index in [0.29, 0.717) is 37.3 Å². The standard InChI is InChI=1S/C16H18N6O2/c1-10-13(20-21-19-10)14(23)22-8-6-16(7-9-22)15(24)17-11-4-2-3-5-12(11)18-16/h2-5,18H,6-9H2,1H3,(H,17,24)(H,19,20,21). The fraction of sp³-hybridized carbons (Fsp3) is 0.375. The smallest absolute Gasteiger partial charge is 0.276 e. The topological polar surface area (TPSA) is 103 Å². The normalized spacial score (nSPS) is 18.7. The van der Waals surface area contributed by atoms with Gasteiger partial charge in [0, 0.05) is 13.1 Å². The molecule has 0 atom stereocenters. The van der Waals surface area contributed by atoms with Gasteiger partial charge < -0.3 is 15.5 Å². The molecule has 0 unspecified atom stereocenters. The molecule has 1 fully saturated rings. The van der Waals surface area contributed by atoms with Gasteiger partial charge in [0.25, 0.3) is 5.91 Å². The predicted octanol–water partition coefficient (Wildman–Crippen LogP) is 1.15. The first-order valence-electron chi connectivity index (χ1n) is 7.94. The van der Waals surface area contributed by atoms with Gasteiger partial charge in [0.1, 0.15) is 5.54 Å². The number of hydrogen-bond acceptors (Lipinski definition) is 5. The Kier molecular flexibility index (Phi) is 3.26. The fourth-order valence-corrected chi connectivity index (χ4v) is 3.34. The molecule has 1 spiro atoms. The van der Waals surface area contributed by atoms with E-state index in [1.54, 1.807) is 11.8 Å². The van der Waals surface area contributed by atoms with E-state index >= 15 is 0 Å². The van der Waals surface area contributed by atoms with Crippen molar-refractivity contribution in [2.24, 2.45) is 0 Å². The minimum absolute atomic E-state index is 0.0362. The van der Waals surface area contributed by atoms with Gasteiger partial charge in [0.05, 0.1) is 17.1 Å². The largest absolute Gasteiger partial charge is 0.369 e. The Balaban J connectivity index is 1.51. The van der Waals surface area contributed by atoms with Gasteiger partial charge in [-0.05, 0) is 31.9 Å². The summed E-state index contributed by atoms with van der Waals surface area (Å²) in [6, 6.07) is 7.65. The summed E-state index contributed by atoms with van der Waals surface area (Å²) in [5, 5.41) is 16.6. The second kappa shape index (κ2) is 5.33. The van der Waals surface area contributed by atoms with E-state index in [9.17, 15) is 9.59 Å². The predicted molar refractivity (Wildman–Crippen MR) is 87.7 cm³/mol. The number of fused-ring (bicyclic) bond motifs is 1. The van der Waals surface area contributed by atoms with E-state index in [4.69, 9.17) is 0 Å². The van der Waals surface area contributed by atoms with Crippen LogP contribution in [0, 0.1) is 6.92 Å². The Hall–Kier alpha value is -2.90. The van der Waals surface area contributed by atoms with Crippen LogP contribution in [0.5, 0.6) is 0 Å². The lowest BCUT2D eigenvalue weighted by molar-refractivity contribution is -0.122. The first-order valence-corrected chi connectivity index (χ1v) is 7.94. The molecule has 8 nitrogen and oxygen atoms in total. The van der Waals surface area contributed by atoms with Crippen molar-refractivity contribution in [1.29, 1.82) is 0 Å². The number of aryl methyl sites for hydroxylation is 1. The average Bonchev–Trinajstić information content (AvgIpc) is 3.02. The number of aromatic nitrogens is 3. The highest BCUT2D eigenvalue weighted by Gasteiger charge is 2.45. The molecule has 124 valence electrons. The van der Waals surface area contributed by atoms with Crippen LogP contribution in [-0.4, -0.2) is 50.8 Å². The van der Waals surface area contributed by atoms with Crippen LogP contribution < -0.4 is 10.6 Å². The van der Waals surface area contributed by atoms with Crippen molar-refractivity contribution in [1.82, 2.24) is 20.3 Å². The lowest BCUT2D eigenvalue weighted by Crippen LogP contribution is -2.59. The zero-order valence-corrected chi connectivity index (χ0v) is 13.3. The highest BCUT2D eigenvalue weighted by molar-refractivity contribution is 6.06. The van der Waals surface area contributed by atoms with Gasteiger partial charge in [-0.3, -0.25) is 9.59 Å². The summed E-state index contributed by atoms with van der Waals surface area (Å²) < 4.78 is 0. The summed E-state index contributed by atoms with van der Waals surface area (Å²) in [5.74, 6) is -0.182. The number of aromatic amines is 1. The van der Waals surface area contributed by atoms with Crippen LogP contribution >= 0.6 is 0 Å². The van der Waals surface area contributed by atoms with Crippen LogP contribution in [0.2, 0.25) is 0 Å². The molecule has 4 rings (SSSR count). The van der Waals surface area contributed by atoms with Gasteiger partial charge in [-0.2, -0.15) is 15.4 Å². The number of nitrogens with one attached hydrogen (secondary N) is 3. The number of carbonyl (C=O) groups is 2. The minimum atomic E-state index is -0.663. The number of carbonyl (C=O) groups excluding carboxylic acids is 2. The quantitative estimate of drug-likeness (QED) is 0.729. The molecule has 24 heavy (non-hydrogen) atoms. The molecule has 0 saturated carbocycles. The molecule has 2 aliphatic heterocycles. The summed E-state index contributed by atoms with van der Waals surface area (Å²) >= 11 is 0. The molecular formula is C16H18N6O2. The molecule has 3 heterocycles. The maximum absolute atomic E-state index is 12.6. The Labute approximate surface area is 138 Å². The van der Waals surface area contributed by atoms with Gasteiger partial charge in [0.2, 0.25) is 5.91 Å². The zero-order valence-electron chi connectivity index (χ0n) is 13.3. The van der Waals surface area contributed by atoms with Crippen LogP contribution in [0.15, 0.2) is 24.3 Å². The van der Waals surface area contributed by atoms with Crippen molar-refractivity contribution in [2.45, 2.75) is 25.3 Å². The van der Waals surface area contributed by atoms with Crippen LogP contribution in [0.3, 0.4) is 0 Å². The second-order valence-corrected chi connectivity index (χ2v) is 6.26. The van der Waals surface area contributed by atoms with Crippen molar-refractivity contribution in [3.05, 3.63) is 35.7 Å². The van der Waals surface area contributed by atoms with Gasteiger partial charge in [-0.15, -0.1) is 0 Å². The van der Waals surface area contributed by atoms with Gasteiger partial charge in [-0.25, -0.2) is 0 Å². The molecule has 0 aliphatic carbocycles. The Bertz CT molecular complexity index is 806. The Morgan fingerprint density at radius 1 is 1.17 bits per heavy atom. The van der Waals surface area contributed by atoms with E-state index in [1.807, 2.05) is 24.3 Å². The second-order valence-electron chi connectivity index (χ2n) is 6.26. The molecule has 1 aromatic carbocycles. The van der Waals surface area contributed by atoms with E-state index in [-0.39, 0.29) is 11.8 Å². The summed E-state index contributed by atoms with van der Waals surface area (Å²) in [6.45, 7) is 2.73. The fourth-order valence-electron chi connectivity index (χ4n) is 3.34. The maximum Gasteiger partial charge on any atom is 0.276 e. The van der Waals surface area contributed by atoms with Gasteiger partial charge in [0.15, 0.2) is 5.69 Å². The van der Waals surface area contributed by atoms with Crippen molar-refractivity contribution in [3.8, 4) is 0 Å². The first-order chi connectivity index (χ1) is 11.6. The monoisotopic (exact) mass is 326 g/mol. The number of anilines is 2. The first kappa shape index (κ1) is 14.7. The van der Waals surface area contributed by atoms with E-state index in [0.717, 1.165) is 11.4 Å². The molecular weight excluding hydrogens is 308 g/mol. The van der Waals surface area contributed by atoms with Gasteiger partial charge >= 0.3 is 0 Å². The number of likely N-dealkylation sites (tertiary alicyclic amines) is 1. The highest BCUT2D eigenvalue weighted by atomic mass is 16.2. The molecule has 0 radical (unpaired) electrons. The van der Waals surface area contributed by atoms with E-state index < -0.39 is 5.54 Å². The van der Waals surface area contributed by atoms with Crippen molar-refractivity contribution in [2.75, 3.05) is 23.7 Å². The minimum Gasteiger partial charge on any atom is -0.369 e. The summed E-state index contributed by atoms with van der Waals surface area (Å²) in [4.78, 5) is 26.8. The number of hydrogen-bond donors (Lipinski definition) is 3. The molecule has 2 aromatic rings. The lowest BCUT2D eigenvalue weighted by Gasteiger charge is -2.44. The van der Waals surface area contributed by atoms with Crippen molar-refractivity contribution >= 4 is 23.2 Å². The molecule has 1 saturated heterocycles. The van der Waals surface area contributed by atoms with Crippen LogP contribution in [0.4, 0.5) is 11.4 Å². The van der Waals surface area contributed by atoms with Crippen molar-refractivity contribution < 1.29 is 9.59 Å². The number of rotatable bonds is 1. The SMILES string of the molecule is Cc1n[nH]nc1C(=O)N1CCC2(CC1)Nc1ccccc1NC2=O. The van der Waals surface area contributed by atoms with Crippen LogP contribution in [-0.2, 0) is 4.79 Å². The number of H-pyrrole nitrogens is 1. The summed E-state index contributed by atoms with van der Waals surface area (Å²) in [7, 11) is 0. The van der Waals surface area contributed by atoms with Crippen LogP contribution in [0.1, 0.15) is 29.0 Å². The third-order valence-corrected chi connectivity index (χ3v) is 4.81. The number of benzene rings is 1. The highest BCUT2D eigenvalue weighted by Crippen LogP contribution is 2.36. The molecule has 2 aliphatic rings. The number of piperidine rings is 1. The maximum atomic E-state index is 12.6. The molecule has 0 bridgehead atoms. The summed E-state index contributed by atoms with van der Waals surface area (Å²) in [5.41, 5.74) is 1.98. The lowest BCUT2D eigenvalue weighted by atomic mass is 9.84. The third-order valence-electron chi connectivity index (χ3n) is 4.81. The summed E-state index contributed by atoms with van der Waals surface area (Å²) in [6.07, 6.45) is 1.10. The number of nitrogens with zero attached hydrogens (tertiary/aromatic N) is 3. The molecule has 2 amide bonds. The van der Waals surface area contributed by atoms with Gasteiger partial charge in [-0.1, -0.05) is 12.1 Å². The zero-order chi connectivity index (χ0) is 16.7. The molecule has 3 N–H and O–H groups in total. The van der Waals surface area contributed by atoms with E-state index in [2.05, 4.69) is 26.0 Å². The average molecular weight is 326 g/mol. The van der Waals surface area contributed by atoms with E-state index in [1.165, 1.54) is 0 Å².